The Kier molecular flexibility index (Phi) is 6.53. The quantitative estimate of drug-likeness (QED) is 0.655. The summed E-state index contributed by atoms with van der Waals surface area (Å²) >= 11 is 12.1. The molecule has 1 heterocycles. The largest absolute Gasteiger partial charge is 0.447 e. The van der Waals surface area contributed by atoms with Crippen LogP contribution < -0.4 is 5.32 Å². The first kappa shape index (κ1) is 19.2. The van der Waals surface area contributed by atoms with E-state index in [2.05, 4.69) is 15.2 Å². The fourth-order valence-corrected chi connectivity index (χ4v) is 2.97. The molecule has 0 aliphatic heterocycles. The highest BCUT2D eigenvalue weighted by Gasteiger charge is 2.30. The van der Waals surface area contributed by atoms with E-state index in [1.807, 2.05) is 12.1 Å². The molecule has 0 atom stereocenters. The zero-order valence-corrected chi connectivity index (χ0v) is 16.0. The fourth-order valence-electron chi connectivity index (χ4n) is 2.64. The topological polar surface area (TPSA) is 67.6 Å². The molecule has 1 aliphatic rings. The predicted octanol–water partition coefficient (Wildman–Crippen LogP) is 3.52. The van der Waals surface area contributed by atoms with E-state index in [0.29, 0.717) is 41.7 Å². The molecule has 0 saturated heterocycles. The number of ether oxygens (including phenoxy) is 1. The molecule has 2 aromatic rings. The van der Waals surface area contributed by atoms with Crippen LogP contribution in [0, 0.1) is 0 Å². The molecule has 1 aromatic carbocycles. The number of oxazole rings is 1. The molecular formula is C18H21Cl2N3O3. The van der Waals surface area contributed by atoms with E-state index in [1.165, 1.54) is 6.26 Å². The third-order valence-corrected chi connectivity index (χ3v) is 4.89. The van der Waals surface area contributed by atoms with Crippen LogP contribution in [0.2, 0.25) is 10.0 Å². The Morgan fingerprint density at radius 3 is 2.85 bits per heavy atom. The SMILES string of the molecule is COCCNC(=O)c1coc(CN(Cc2ccc(Cl)c(Cl)c2)C2CC2)n1. The number of hydrogen-bond acceptors (Lipinski definition) is 5. The number of carbonyl (C=O) groups excluding carboxylic acids is 1. The van der Waals surface area contributed by atoms with Crippen LogP contribution in [-0.2, 0) is 17.8 Å². The minimum Gasteiger partial charge on any atom is -0.447 e. The molecule has 1 amide bonds. The molecule has 0 bridgehead atoms. The molecule has 8 heteroatoms. The van der Waals surface area contributed by atoms with E-state index in [4.69, 9.17) is 32.4 Å². The maximum absolute atomic E-state index is 12.0. The van der Waals surface area contributed by atoms with Gasteiger partial charge in [0.1, 0.15) is 6.26 Å². The van der Waals surface area contributed by atoms with Crippen LogP contribution in [0.3, 0.4) is 0 Å². The van der Waals surface area contributed by atoms with Crippen LogP contribution in [-0.4, -0.2) is 42.1 Å². The Labute approximate surface area is 162 Å². The van der Waals surface area contributed by atoms with E-state index < -0.39 is 0 Å². The first-order valence-electron chi connectivity index (χ1n) is 8.46. The van der Waals surface area contributed by atoms with Crippen molar-refractivity contribution in [2.75, 3.05) is 20.3 Å². The number of nitrogens with zero attached hydrogens (tertiary/aromatic N) is 2. The molecular weight excluding hydrogens is 377 g/mol. The number of carbonyl (C=O) groups is 1. The van der Waals surface area contributed by atoms with Crippen molar-refractivity contribution in [3.8, 4) is 0 Å². The number of methoxy groups -OCH3 is 1. The molecule has 1 aromatic heterocycles. The van der Waals surface area contributed by atoms with Gasteiger partial charge in [-0.25, -0.2) is 4.98 Å². The smallest absolute Gasteiger partial charge is 0.273 e. The lowest BCUT2D eigenvalue weighted by molar-refractivity contribution is 0.0932. The molecule has 1 saturated carbocycles. The van der Waals surface area contributed by atoms with Gasteiger partial charge in [0.05, 0.1) is 23.2 Å². The molecule has 6 nitrogen and oxygen atoms in total. The standard InChI is InChI=1S/C18H21Cl2N3O3/c1-25-7-6-21-18(24)16-11-26-17(22-16)10-23(13-3-4-13)9-12-2-5-14(19)15(20)8-12/h2,5,8,11,13H,3-4,6-7,9-10H2,1H3,(H,21,24). The van der Waals surface area contributed by atoms with E-state index in [1.54, 1.807) is 13.2 Å². The number of hydrogen-bond donors (Lipinski definition) is 1. The van der Waals surface area contributed by atoms with Crippen molar-refractivity contribution in [1.82, 2.24) is 15.2 Å². The van der Waals surface area contributed by atoms with Crippen molar-refractivity contribution in [3.63, 3.8) is 0 Å². The summed E-state index contributed by atoms with van der Waals surface area (Å²) in [5.74, 6) is 0.258. The number of nitrogens with one attached hydrogen (secondary N) is 1. The molecule has 1 fully saturated rings. The fraction of sp³-hybridized carbons (Fsp3) is 0.444. The van der Waals surface area contributed by atoms with Gasteiger partial charge in [0.2, 0.25) is 5.89 Å². The molecule has 140 valence electrons. The van der Waals surface area contributed by atoms with E-state index in [9.17, 15) is 4.79 Å². The lowest BCUT2D eigenvalue weighted by atomic mass is 10.2. The average Bonchev–Trinajstić information content (AvgIpc) is 3.37. The number of amides is 1. The minimum atomic E-state index is -0.264. The number of benzene rings is 1. The van der Waals surface area contributed by atoms with Crippen molar-refractivity contribution in [3.05, 3.63) is 51.7 Å². The van der Waals surface area contributed by atoms with Gasteiger partial charge >= 0.3 is 0 Å². The Morgan fingerprint density at radius 2 is 2.15 bits per heavy atom. The normalized spacial score (nSPS) is 14.0. The first-order chi connectivity index (χ1) is 12.6. The second kappa shape index (κ2) is 8.86. The zero-order chi connectivity index (χ0) is 18.5. The molecule has 26 heavy (non-hydrogen) atoms. The number of rotatable bonds is 9. The molecule has 1 aliphatic carbocycles. The second-order valence-electron chi connectivity index (χ2n) is 6.26. The Balaban J connectivity index is 1.61. The maximum atomic E-state index is 12.0. The summed E-state index contributed by atoms with van der Waals surface area (Å²) in [4.78, 5) is 18.6. The van der Waals surface area contributed by atoms with Crippen molar-refractivity contribution in [2.45, 2.75) is 32.0 Å². The number of aromatic nitrogens is 1. The van der Waals surface area contributed by atoms with Gasteiger partial charge in [-0.15, -0.1) is 0 Å². The van der Waals surface area contributed by atoms with Crippen molar-refractivity contribution >= 4 is 29.1 Å². The predicted molar refractivity (Wildman–Crippen MR) is 99.4 cm³/mol. The summed E-state index contributed by atoms with van der Waals surface area (Å²) in [6.45, 7) is 2.15. The van der Waals surface area contributed by atoms with Crippen LogP contribution in [0.4, 0.5) is 0 Å². The Bertz CT molecular complexity index is 762. The lowest BCUT2D eigenvalue weighted by Gasteiger charge is -2.20. The maximum Gasteiger partial charge on any atom is 0.273 e. The van der Waals surface area contributed by atoms with Gasteiger partial charge in [0.25, 0.3) is 5.91 Å². The summed E-state index contributed by atoms with van der Waals surface area (Å²) in [7, 11) is 1.58. The third-order valence-electron chi connectivity index (χ3n) is 4.15. The van der Waals surface area contributed by atoms with E-state index in [0.717, 1.165) is 24.9 Å². The zero-order valence-electron chi connectivity index (χ0n) is 14.5. The second-order valence-corrected chi connectivity index (χ2v) is 7.07. The van der Waals surface area contributed by atoms with Crippen molar-refractivity contribution in [2.24, 2.45) is 0 Å². The van der Waals surface area contributed by atoms with Gasteiger partial charge in [-0.1, -0.05) is 29.3 Å². The van der Waals surface area contributed by atoms with Gasteiger partial charge in [0.15, 0.2) is 5.69 Å². The summed E-state index contributed by atoms with van der Waals surface area (Å²) in [6, 6.07) is 6.14. The molecule has 3 rings (SSSR count). The molecule has 1 N–H and O–H groups in total. The van der Waals surface area contributed by atoms with Crippen LogP contribution in [0.5, 0.6) is 0 Å². The molecule has 0 spiro atoms. The Morgan fingerprint density at radius 1 is 1.35 bits per heavy atom. The van der Waals surface area contributed by atoms with Gasteiger partial charge in [0, 0.05) is 26.2 Å². The summed E-state index contributed by atoms with van der Waals surface area (Å²) in [5.41, 5.74) is 1.36. The average molecular weight is 398 g/mol. The summed E-state index contributed by atoms with van der Waals surface area (Å²) in [6.07, 6.45) is 3.68. The number of halogens is 2. The monoisotopic (exact) mass is 397 g/mol. The minimum absolute atomic E-state index is 0.264. The van der Waals surface area contributed by atoms with Crippen LogP contribution in [0.1, 0.15) is 34.8 Å². The third kappa shape index (κ3) is 5.20. The highest BCUT2D eigenvalue weighted by molar-refractivity contribution is 6.42. The first-order valence-corrected chi connectivity index (χ1v) is 9.22. The van der Waals surface area contributed by atoms with E-state index in [-0.39, 0.29) is 11.6 Å². The summed E-state index contributed by atoms with van der Waals surface area (Å²) < 4.78 is 10.4. The van der Waals surface area contributed by atoms with Crippen LogP contribution in [0.15, 0.2) is 28.9 Å². The summed E-state index contributed by atoms with van der Waals surface area (Å²) in [5, 5.41) is 3.82. The molecule has 0 unspecified atom stereocenters. The molecule has 0 radical (unpaired) electrons. The highest BCUT2D eigenvalue weighted by Crippen LogP contribution is 2.31. The van der Waals surface area contributed by atoms with Gasteiger partial charge in [-0.3, -0.25) is 9.69 Å². The highest BCUT2D eigenvalue weighted by atomic mass is 35.5. The van der Waals surface area contributed by atoms with Gasteiger partial charge in [-0.05, 0) is 30.5 Å². The van der Waals surface area contributed by atoms with Gasteiger partial charge < -0.3 is 14.5 Å². The van der Waals surface area contributed by atoms with Crippen LogP contribution >= 0.6 is 23.2 Å². The van der Waals surface area contributed by atoms with Crippen molar-refractivity contribution in [1.29, 1.82) is 0 Å². The van der Waals surface area contributed by atoms with E-state index >= 15 is 0 Å². The lowest BCUT2D eigenvalue weighted by Crippen LogP contribution is -2.27. The Hall–Kier alpha value is -1.60. The van der Waals surface area contributed by atoms with Crippen LogP contribution in [0.25, 0.3) is 0 Å². The van der Waals surface area contributed by atoms with Gasteiger partial charge in [-0.2, -0.15) is 0 Å². The van der Waals surface area contributed by atoms with Crippen molar-refractivity contribution < 1.29 is 13.9 Å².